The first-order valence-electron chi connectivity index (χ1n) is 5.90. The van der Waals surface area contributed by atoms with Crippen LogP contribution in [0.5, 0.6) is 5.75 Å². The van der Waals surface area contributed by atoms with E-state index in [1.165, 1.54) is 6.08 Å². The van der Waals surface area contributed by atoms with Gasteiger partial charge >= 0.3 is 0 Å². The van der Waals surface area contributed by atoms with Crippen LogP contribution in [0.15, 0.2) is 47.9 Å². The van der Waals surface area contributed by atoms with Gasteiger partial charge < -0.3 is 10.1 Å². The Morgan fingerprint density at radius 2 is 2.11 bits per heavy atom. The lowest BCUT2D eigenvalue weighted by molar-refractivity contribution is -0.116. The number of hydrogen-bond donors (Lipinski definition) is 1. The molecule has 0 aliphatic rings. The number of methoxy groups -OCH3 is 1. The molecule has 1 aromatic heterocycles. The normalized spacial score (nSPS) is 10.6. The molecule has 2 aromatic rings. The highest BCUT2D eigenvalue weighted by Gasteiger charge is 1.97. The lowest BCUT2D eigenvalue weighted by Crippen LogP contribution is -2.19. The van der Waals surface area contributed by atoms with E-state index in [1.54, 1.807) is 24.5 Å². The summed E-state index contributed by atoms with van der Waals surface area (Å²) in [4.78, 5) is 12.8. The summed E-state index contributed by atoms with van der Waals surface area (Å²) in [6.07, 6.45) is 3.32. The van der Waals surface area contributed by atoms with Crippen molar-refractivity contribution in [2.24, 2.45) is 0 Å². The number of thiophene rings is 1. The Morgan fingerprint density at radius 3 is 2.74 bits per heavy atom. The second-order valence-electron chi connectivity index (χ2n) is 3.90. The minimum Gasteiger partial charge on any atom is -0.497 e. The molecule has 0 unspecified atom stereocenters. The molecule has 19 heavy (non-hydrogen) atoms. The molecule has 1 N–H and O–H groups in total. The van der Waals surface area contributed by atoms with Crippen molar-refractivity contribution in [2.45, 2.75) is 6.54 Å². The Kier molecular flexibility index (Phi) is 4.75. The van der Waals surface area contributed by atoms with Crippen LogP contribution in [0.3, 0.4) is 0 Å². The van der Waals surface area contributed by atoms with Crippen molar-refractivity contribution in [3.8, 4) is 5.75 Å². The van der Waals surface area contributed by atoms with Crippen LogP contribution in [-0.4, -0.2) is 13.0 Å². The first-order valence-corrected chi connectivity index (χ1v) is 6.78. The van der Waals surface area contributed by atoms with Crippen molar-refractivity contribution in [3.63, 3.8) is 0 Å². The highest BCUT2D eigenvalue weighted by atomic mass is 32.1. The van der Waals surface area contributed by atoms with E-state index in [4.69, 9.17) is 4.74 Å². The van der Waals surface area contributed by atoms with E-state index in [0.29, 0.717) is 6.54 Å². The number of nitrogens with one attached hydrogen (secondary N) is 1. The van der Waals surface area contributed by atoms with E-state index in [0.717, 1.165) is 16.2 Å². The van der Waals surface area contributed by atoms with Gasteiger partial charge in [0.15, 0.2) is 0 Å². The molecule has 3 nitrogen and oxygen atoms in total. The average molecular weight is 273 g/mol. The zero-order valence-electron chi connectivity index (χ0n) is 10.6. The van der Waals surface area contributed by atoms with Crippen molar-refractivity contribution < 1.29 is 9.53 Å². The number of hydrogen-bond acceptors (Lipinski definition) is 3. The summed E-state index contributed by atoms with van der Waals surface area (Å²) in [5.74, 6) is 0.712. The topological polar surface area (TPSA) is 38.3 Å². The van der Waals surface area contributed by atoms with Gasteiger partial charge in [0.25, 0.3) is 0 Å². The smallest absolute Gasteiger partial charge is 0.244 e. The minimum atomic E-state index is -0.0933. The summed E-state index contributed by atoms with van der Waals surface area (Å²) < 4.78 is 5.07. The van der Waals surface area contributed by atoms with E-state index in [-0.39, 0.29) is 5.91 Å². The van der Waals surface area contributed by atoms with Gasteiger partial charge in [-0.25, -0.2) is 0 Å². The Labute approximate surface area is 116 Å². The molecule has 2 rings (SSSR count). The quantitative estimate of drug-likeness (QED) is 0.850. The molecular weight excluding hydrogens is 258 g/mol. The Hall–Kier alpha value is -2.07. The molecule has 0 saturated heterocycles. The Morgan fingerprint density at radius 1 is 1.32 bits per heavy atom. The highest BCUT2D eigenvalue weighted by Crippen LogP contribution is 2.12. The summed E-state index contributed by atoms with van der Waals surface area (Å²) in [5.41, 5.74) is 0.965. The molecule has 1 heterocycles. The van der Waals surface area contributed by atoms with Gasteiger partial charge in [-0.1, -0.05) is 18.2 Å². The maximum atomic E-state index is 11.6. The van der Waals surface area contributed by atoms with Gasteiger partial charge in [-0.05, 0) is 35.2 Å². The third-order valence-electron chi connectivity index (χ3n) is 2.56. The minimum absolute atomic E-state index is 0.0933. The van der Waals surface area contributed by atoms with Crippen molar-refractivity contribution in [1.29, 1.82) is 0 Å². The largest absolute Gasteiger partial charge is 0.497 e. The predicted octanol–water partition coefficient (Wildman–Crippen LogP) is 3.09. The predicted molar refractivity (Wildman–Crippen MR) is 78.2 cm³/mol. The third kappa shape index (κ3) is 4.26. The molecular formula is C15H15NO2S. The Balaban J connectivity index is 1.85. The van der Waals surface area contributed by atoms with Gasteiger partial charge in [0, 0.05) is 11.0 Å². The number of carbonyl (C=O) groups is 1. The van der Waals surface area contributed by atoms with Gasteiger partial charge in [0.1, 0.15) is 5.75 Å². The molecule has 0 aliphatic carbocycles. The molecule has 98 valence electrons. The average Bonchev–Trinajstić information content (AvgIpc) is 2.96. The van der Waals surface area contributed by atoms with Gasteiger partial charge in [-0.15, -0.1) is 11.3 Å². The molecule has 1 amide bonds. The van der Waals surface area contributed by atoms with Crippen molar-refractivity contribution in [2.75, 3.05) is 7.11 Å². The van der Waals surface area contributed by atoms with Crippen molar-refractivity contribution in [3.05, 3.63) is 58.3 Å². The summed E-state index contributed by atoms with van der Waals surface area (Å²) in [6.45, 7) is 0.573. The molecule has 1 aromatic carbocycles. The summed E-state index contributed by atoms with van der Waals surface area (Å²) in [5, 5.41) is 4.83. The Bertz CT molecular complexity index is 544. The van der Waals surface area contributed by atoms with Gasteiger partial charge in [-0.2, -0.15) is 0 Å². The molecule has 4 heteroatoms. The van der Waals surface area contributed by atoms with Crippen LogP contribution in [0, 0.1) is 0 Å². The summed E-state index contributed by atoms with van der Waals surface area (Å²) in [6, 6.07) is 11.5. The number of benzene rings is 1. The lowest BCUT2D eigenvalue weighted by Gasteiger charge is -2.00. The first-order chi connectivity index (χ1) is 9.28. The monoisotopic (exact) mass is 273 g/mol. The van der Waals surface area contributed by atoms with E-state index in [1.807, 2.05) is 41.8 Å². The van der Waals surface area contributed by atoms with Gasteiger partial charge in [0.2, 0.25) is 5.91 Å². The van der Waals surface area contributed by atoms with Crippen LogP contribution in [0.4, 0.5) is 0 Å². The van der Waals surface area contributed by atoms with Crippen LogP contribution in [0.2, 0.25) is 0 Å². The van der Waals surface area contributed by atoms with Crippen LogP contribution in [-0.2, 0) is 11.3 Å². The number of amides is 1. The van der Waals surface area contributed by atoms with Crippen LogP contribution in [0.25, 0.3) is 6.08 Å². The van der Waals surface area contributed by atoms with E-state index in [9.17, 15) is 4.79 Å². The molecule has 0 saturated carbocycles. The van der Waals surface area contributed by atoms with E-state index in [2.05, 4.69) is 5.32 Å². The van der Waals surface area contributed by atoms with Crippen molar-refractivity contribution in [1.82, 2.24) is 5.32 Å². The van der Waals surface area contributed by atoms with Gasteiger partial charge in [0.05, 0.1) is 13.7 Å². The number of carbonyl (C=O) groups excluding carboxylic acids is 1. The maximum Gasteiger partial charge on any atom is 0.244 e. The molecule has 0 bridgehead atoms. The fraction of sp³-hybridized carbons (Fsp3) is 0.133. The van der Waals surface area contributed by atoms with Crippen LogP contribution >= 0.6 is 11.3 Å². The number of rotatable bonds is 5. The first kappa shape index (κ1) is 13.4. The second-order valence-corrected chi connectivity index (χ2v) is 4.94. The molecule has 0 aliphatic heterocycles. The maximum absolute atomic E-state index is 11.6. The molecule has 0 radical (unpaired) electrons. The molecule has 0 atom stereocenters. The second kappa shape index (κ2) is 6.75. The summed E-state index contributed by atoms with van der Waals surface area (Å²) in [7, 11) is 1.63. The SMILES string of the molecule is COc1ccc(C=CC(=O)NCc2cccs2)cc1. The fourth-order valence-electron chi connectivity index (χ4n) is 1.53. The molecule has 0 fully saturated rings. The standard InChI is InChI=1S/C15H15NO2S/c1-18-13-7-4-12(5-8-13)6-9-15(17)16-11-14-3-2-10-19-14/h2-10H,11H2,1H3,(H,16,17). The van der Waals surface area contributed by atoms with E-state index >= 15 is 0 Å². The fourth-order valence-corrected chi connectivity index (χ4v) is 2.18. The van der Waals surface area contributed by atoms with Crippen molar-refractivity contribution >= 4 is 23.3 Å². The zero-order chi connectivity index (χ0) is 13.5. The summed E-state index contributed by atoms with van der Waals surface area (Å²) >= 11 is 1.63. The highest BCUT2D eigenvalue weighted by molar-refractivity contribution is 7.09. The van der Waals surface area contributed by atoms with Crippen LogP contribution < -0.4 is 10.1 Å². The van der Waals surface area contributed by atoms with Gasteiger partial charge in [-0.3, -0.25) is 4.79 Å². The van der Waals surface area contributed by atoms with E-state index < -0.39 is 0 Å². The number of ether oxygens (including phenoxy) is 1. The molecule has 0 spiro atoms. The zero-order valence-corrected chi connectivity index (χ0v) is 11.4. The third-order valence-corrected chi connectivity index (χ3v) is 3.44. The lowest BCUT2D eigenvalue weighted by atomic mass is 10.2. The van der Waals surface area contributed by atoms with Crippen LogP contribution in [0.1, 0.15) is 10.4 Å².